The smallest absolute Gasteiger partial charge is 0.330 e. The van der Waals surface area contributed by atoms with Gasteiger partial charge in [-0.1, -0.05) is 11.6 Å². The topological polar surface area (TPSA) is 75.6 Å². The minimum absolute atomic E-state index is 0.307. The Hall–Kier alpha value is -1.11. The fraction of sp³-hybridized carbons (Fsp3) is 0.273. The number of amides is 1. The number of rotatable bonds is 4. The van der Waals surface area contributed by atoms with Gasteiger partial charge in [-0.15, -0.1) is 0 Å². The maximum absolute atomic E-state index is 11.9. The monoisotopic (exact) mass is 335 g/mol. The number of benzene rings is 1. The molecular weight excluding hydrogens is 325 g/mol. The third-order valence-corrected chi connectivity index (χ3v) is 3.04. The highest BCUT2D eigenvalue weighted by Crippen LogP contribution is 2.21. The van der Waals surface area contributed by atoms with Crippen molar-refractivity contribution in [3.05, 3.63) is 33.3 Å². The van der Waals surface area contributed by atoms with Crippen molar-refractivity contribution in [2.45, 2.75) is 6.04 Å². The van der Waals surface area contributed by atoms with Crippen molar-refractivity contribution in [1.82, 2.24) is 5.32 Å². The molecule has 0 aliphatic carbocycles. The number of methoxy groups -OCH3 is 1. The van der Waals surface area contributed by atoms with Crippen molar-refractivity contribution < 1.29 is 19.4 Å². The fourth-order valence-corrected chi connectivity index (χ4v) is 2.09. The predicted molar refractivity (Wildman–Crippen MR) is 69.5 cm³/mol. The lowest BCUT2D eigenvalue weighted by Gasteiger charge is -2.14. The number of ether oxygens (including phenoxy) is 1. The molecule has 0 aliphatic rings. The number of aliphatic hydroxyl groups excluding tert-OH is 1. The summed E-state index contributed by atoms with van der Waals surface area (Å²) in [6, 6.07) is 3.52. The molecule has 0 bridgehead atoms. The summed E-state index contributed by atoms with van der Waals surface area (Å²) in [5.41, 5.74) is 0.307. The van der Waals surface area contributed by atoms with Crippen LogP contribution in [0.3, 0.4) is 0 Å². The van der Waals surface area contributed by atoms with Crippen LogP contribution in [-0.4, -0.2) is 36.7 Å². The second-order valence-corrected chi connectivity index (χ2v) is 4.65. The Balaban J connectivity index is 2.84. The van der Waals surface area contributed by atoms with E-state index in [4.69, 9.17) is 16.7 Å². The highest BCUT2D eigenvalue weighted by atomic mass is 79.9. The van der Waals surface area contributed by atoms with Crippen LogP contribution in [0.15, 0.2) is 22.7 Å². The molecule has 18 heavy (non-hydrogen) atoms. The molecule has 1 amide bonds. The Bertz CT molecular complexity index is 466. The first-order valence-corrected chi connectivity index (χ1v) is 6.11. The van der Waals surface area contributed by atoms with E-state index in [0.717, 1.165) is 0 Å². The zero-order chi connectivity index (χ0) is 13.7. The van der Waals surface area contributed by atoms with Gasteiger partial charge in [0.2, 0.25) is 0 Å². The number of esters is 1. The largest absolute Gasteiger partial charge is 0.467 e. The Morgan fingerprint density at radius 3 is 2.72 bits per heavy atom. The van der Waals surface area contributed by atoms with Crippen LogP contribution in [-0.2, 0) is 9.53 Å². The highest BCUT2D eigenvalue weighted by Gasteiger charge is 2.22. The van der Waals surface area contributed by atoms with Crippen molar-refractivity contribution >= 4 is 39.4 Å². The first-order valence-electron chi connectivity index (χ1n) is 4.94. The van der Waals surface area contributed by atoms with Crippen molar-refractivity contribution in [3.63, 3.8) is 0 Å². The van der Waals surface area contributed by atoms with E-state index in [-0.39, 0.29) is 0 Å². The lowest BCUT2D eigenvalue weighted by molar-refractivity contribution is -0.143. The minimum atomic E-state index is -1.09. The summed E-state index contributed by atoms with van der Waals surface area (Å²) < 4.78 is 4.94. The molecule has 0 aromatic heterocycles. The van der Waals surface area contributed by atoms with Crippen LogP contribution in [0.4, 0.5) is 0 Å². The molecule has 5 nitrogen and oxygen atoms in total. The summed E-state index contributed by atoms with van der Waals surface area (Å²) in [4.78, 5) is 23.1. The number of carbonyl (C=O) groups excluding carboxylic acids is 2. The Kier molecular flexibility index (Phi) is 5.58. The van der Waals surface area contributed by atoms with Gasteiger partial charge in [0, 0.05) is 9.50 Å². The Morgan fingerprint density at radius 2 is 2.22 bits per heavy atom. The van der Waals surface area contributed by atoms with Gasteiger partial charge in [-0.3, -0.25) is 4.79 Å². The molecule has 1 rings (SSSR count). The zero-order valence-electron chi connectivity index (χ0n) is 9.44. The van der Waals surface area contributed by atoms with Gasteiger partial charge in [0.15, 0.2) is 6.04 Å². The number of hydrogen-bond acceptors (Lipinski definition) is 4. The summed E-state index contributed by atoms with van der Waals surface area (Å²) in [6.07, 6.45) is 0. The number of halogens is 2. The molecule has 1 aromatic carbocycles. The molecule has 0 saturated carbocycles. The molecule has 1 aromatic rings. The molecule has 0 unspecified atom stereocenters. The van der Waals surface area contributed by atoms with Crippen LogP contribution in [0.25, 0.3) is 0 Å². The van der Waals surface area contributed by atoms with Crippen LogP contribution in [0, 0.1) is 0 Å². The minimum Gasteiger partial charge on any atom is -0.467 e. The van der Waals surface area contributed by atoms with Gasteiger partial charge < -0.3 is 15.2 Å². The number of carbonyl (C=O) groups is 2. The van der Waals surface area contributed by atoms with E-state index in [1.807, 2.05) is 0 Å². The summed E-state index contributed by atoms with van der Waals surface area (Å²) in [5, 5.41) is 11.8. The molecule has 0 fully saturated rings. The maximum Gasteiger partial charge on any atom is 0.330 e. The average Bonchev–Trinajstić information content (AvgIpc) is 2.34. The Morgan fingerprint density at radius 1 is 1.56 bits per heavy atom. The van der Waals surface area contributed by atoms with E-state index in [1.165, 1.54) is 13.2 Å². The van der Waals surface area contributed by atoms with E-state index < -0.39 is 24.5 Å². The lowest BCUT2D eigenvalue weighted by Crippen LogP contribution is -2.44. The van der Waals surface area contributed by atoms with Gasteiger partial charge in [-0.2, -0.15) is 0 Å². The normalized spacial score (nSPS) is 11.8. The van der Waals surface area contributed by atoms with Crippen molar-refractivity contribution in [2.75, 3.05) is 13.7 Å². The molecule has 98 valence electrons. The lowest BCUT2D eigenvalue weighted by atomic mass is 10.2. The molecule has 1 atom stereocenters. The van der Waals surface area contributed by atoms with Gasteiger partial charge in [-0.05, 0) is 34.1 Å². The van der Waals surface area contributed by atoms with Gasteiger partial charge in [0.05, 0.1) is 19.3 Å². The van der Waals surface area contributed by atoms with E-state index in [1.54, 1.807) is 12.1 Å². The standard InChI is InChI=1S/C11H11BrClNO4/c1-18-11(17)9(5-15)14-10(16)7-3-2-6(13)4-8(7)12/h2-4,9,15H,5H2,1H3,(H,14,16)/t9-/m0/s1. The quantitative estimate of drug-likeness (QED) is 0.814. The number of hydrogen-bond donors (Lipinski definition) is 2. The SMILES string of the molecule is COC(=O)[C@H](CO)NC(=O)c1ccc(Cl)cc1Br. The van der Waals surface area contributed by atoms with Crippen molar-refractivity contribution in [1.29, 1.82) is 0 Å². The summed E-state index contributed by atoms with van der Waals surface area (Å²) in [6.45, 7) is -0.538. The van der Waals surface area contributed by atoms with Crippen LogP contribution < -0.4 is 5.32 Å². The van der Waals surface area contributed by atoms with Gasteiger partial charge in [0.25, 0.3) is 5.91 Å². The molecule has 0 spiro atoms. The maximum atomic E-state index is 11.9. The number of aliphatic hydroxyl groups is 1. The van der Waals surface area contributed by atoms with Gasteiger partial charge in [-0.25, -0.2) is 4.79 Å². The van der Waals surface area contributed by atoms with Crippen molar-refractivity contribution in [3.8, 4) is 0 Å². The average molecular weight is 337 g/mol. The van der Waals surface area contributed by atoms with E-state index in [9.17, 15) is 9.59 Å². The molecule has 0 saturated heterocycles. The molecule has 0 aliphatic heterocycles. The first kappa shape index (κ1) is 14.9. The van der Waals surface area contributed by atoms with Crippen LogP contribution in [0.2, 0.25) is 5.02 Å². The van der Waals surface area contributed by atoms with Gasteiger partial charge in [0.1, 0.15) is 0 Å². The summed E-state index contributed by atoms with van der Waals surface area (Å²) in [7, 11) is 1.18. The zero-order valence-corrected chi connectivity index (χ0v) is 11.8. The molecule has 2 N–H and O–H groups in total. The first-order chi connectivity index (χ1) is 8.49. The highest BCUT2D eigenvalue weighted by molar-refractivity contribution is 9.10. The van der Waals surface area contributed by atoms with Crippen LogP contribution >= 0.6 is 27.5 Å². The second-order valence-electron chi connectivity index (χ2n) is 3.36. The molecule has 7 heteroatoms. The van der Waals surface area contributed by atoms with E-state index >= 15 is 0 Å². The van der Waals surface area contributed by atoms with Gasteiger partial charge >= 0.3 is 5.97 Å². The number of nitrogens with one attached hydrogen (secondary N) is 1. The molecule has 0 heterocycles. The second kappa shape index (κ2) is 6.72. The van der Waals surface area contributed by atoms with E-state index in [0.29, 0.717) is 15.1 Å². The Labute approximate surface area is 117 Å². The summed E-state index contributed by atoms with van der Waals surface area (Å²) in [5.74, 6) is -1.22. The van der Waals surface area contributed by atoms with Crippen LogP contribution in [0.5, 0.6) is 0 Å². The summed E-state index contributed by atoms with van der Waals surface area (Å²) >= 11 is 8.94. The van der Waals surface area contributed by atoms with Crippen LogP contribution in [0.1, 0.15) is 10.4 Å². The fourth-order valence-electron chi connectivity index (χ4n) is 1.23. The third kappa shape index (κ3) is 3.69. The predicted octanol–water partition coefficient (Wildman–Crippen LogP) is 1.37. The molecular formula is C11H11BrClNO4. The van der Waals surface area contributed by atoms with E-state index in [2.05, 4.69) is 26.0 Å². The van der Waals surface area contributed by atoms with Crippen molar-refractivity contribution in [2.24, 2.45) is 0 Å². The molecule has 0 radical (unpaired) electrons. The third-order valence-electron chi connectivity index (χ3n) is 2.15.